The molecule has 2 heterocycles. The second kappa shape index (κ2) is 4.81. The topological polar surface area (TPSA) is 24.5 Å². The highest BCUT2D eigenvalue weighted by Gasteiger charge is 2.38. The van der Waals surface area contributed by atoms with Gasteiger partial charge in [0.15, 0.2) is 0 Å². The van der Waals surface area contributed by atoms with Crippen molar-refractivity contribution in [3.8, 4) is 0 Å². The van der Waals surface area contributed by atoms with Gasteiger partial charge in [-0.15, -0.1) is 0 Å². The summed E-state index contributed by atoms with van der Waals surface area (Å²) in [5.41, 5.74) is 0.0184. The van der Waals surface area contributed by atoms with Crippen LogP contribution in [0.4, 0.5) is 0 Å². The highest BCUT2D eigenvalue weighted by atomic mass is 16.5. The minimum atomic E-state index is 0.0184. The summed E-state index contributed by atoms with van der Waals surface area (Å²) in [4.78, 5) is 2.39. The summed E-state index contributed by atoms with van der Waals surface area (Å²) in [6, 6.07) is 0. The second-order valence-electron chi connectivity index (χ2n) is 5.04. The number of nitrogens with one attached hydrogen (secondary N) is 1. The summed E-state index contributed by atoms with van der Waals surface area (Å²) >= 11 is 0. The van der Waals surface area contributed by atoms with E-state index >= 15 is 0 Å². The van der Waals surface area contributed by atoms with Crippen LogP contribution in [-0.2, 0) is 4.74 Å². The Morgan fingerprint density at radius 2 is 2.13 bits per heavy atom. The molecule has 0 saturated carbocycles. The average molecular weight is 212 g/mol. The summed E-state index contributed by atoms with van der Waals surface area (Å²) in [6.07, 6.45) is 6.43. The molecule has 0 aromatic heterocycles. The molecule has 0 aliphatic carbocycles. The lowest BCUT2D eigenvalue weighted by Crippen LogP contribution is -2.59. The van der Waals surface area contributed by atoms with Crippen LogP contribution in [0.25, 0.3) is 0 Å². The van der Waals surface area contributed by atoms with E-state index in [0.717, 1.165) is 32.5 Å². The Morgan fingerprint density at radius 3 is 2.80 bits per heavy atom. The van der Waals surface area contributed by atoms with Gasteiger partial charge in [-0.05, 0) is 19.9 Å². The van der Waals surface area contributed by atoms with Crippen molar-refractivity contribution in [1.82, 2.24) is 10.2 Å². The first-order valence-electron chi connectivity index (χ1n) is 6.35. The van der Waals surface area contributed by atoms with E-state index in [9.17, 15) is 0 Å². The molecule has 2 fully saturated rings. The number of hydrogen-bond acceptors (Lipinski definition) is 3. The number of nitrogens with zero attached hydrogens (tertiary/aromatic N) is 1. The maximum atomic E-state index is 6.27. The Balaban J connectivity index is 1.90. The minimum Gasteiger partial charge on any atom is -0.357 e. The number of rotatable bonds is 2. The zero-order chi connectivity index (χ0) is 10.7. The van der Waals surface area contributed by atoms with Gasteiger partial charge >= 0.3 is 0 Å². The molecule has 88 valence electrons. The molecule has 2 rings (SSSR count). The summed E-state index contributed by atoms with van der Waals surface area (Å²) < 4.78 is 6.27. The number of hydrogen-bond donors (Lipinski definition) is 1. The lowest BCUT2D eigenvalue weighted by atomic mass is 9.96. The Morgan fingerprint density at radius 1 is 1.40 bits per heavy atom. The molecule has 0 radical (unpaired) electrons. The SMILES string of the molecule is CCCC1CCNC2(CCN(C)CC2)O1. The van der Waals surface area contributed by atoms with Crippen molar-refractivity contribution >= 4 is 0 Å². The van der Waals surface area contributed by atoms with Crippen LogP contribution in [0.15, 0.2) is 0 Å². The smallest absolute Gasteiger partial charge is 0.122 e. The third-order valence-electron chi connectivity index (χ3n) is 3.71. The molecule has 15 heavy (non-hydrogen) atoms. The molecular formula is C12H24N2O. The van der Waals surface area contributed by atoms with Crippen LogP contribution in [0.5, 0.6) is 0 Å². The zero-order valence-corrected chi connectivity index (χ0v) is 10.1. The zero-order valence-electron chi connectivity index (χ0n) is 10.1. The second-order valence-corrected chi connectivity index (χ2v) is 5.04. The van der Waals surface area contributed by atoms with Crippen LogP contribution in [-0.4, -0.2) is 43.4 Å². The maximum Gasteiger partial charge on any atom is 0.122 e. The Hall–Kier alpha value is -0.120. The van der Waals surface area contributed by atoms with Crippen molar-refractivity contribution < 1.29 is 4.74 Å². The summed E-state index contributed by atoms with van der Waals surface area (Å²) in [5, 5.41) is 3.59. The van der Waals surface area contributed by atoms with Gasteiger partial charge in [0, 0.05) is 32.5 Å². The molecule has 1 unspecified atom stereocenters. The molecule has 1 atom stereocenters. The van der Waals surface area contributed by atoms with E-state index in [1.54, 1.807) is 0 Å². The number of ether oxygens (including phenoxy) is 1. The van der Waals surface area contributed by atoms with Gasteiger partial charge in [0.05, 0.1) is 6.10 Å². The van der Waals surface area contributed by atoms with Gasteiger partial charge in [-0.25, -0.2) is 0 Å². The van der Waals surface area contributed by atoms with Crippen molar-refractivity contribution in [3.63, 3.8) is 0 Å². The van der Waals surface area contributed by atoms with Gasteiger partial charge in [0.1, 0.15) is 5.72 Å². The van der Waals surface area contributed by atoms with Crippen molar-refractivity contribution in [1.29, 1.82) is 0 Å². The minimum absolute atomic E-state index is 0.0184. The first kappa shape index (κ1) is 11.4. The largest absolute Gasteiger partial charge is 0.357 e. The molecule has 0 aromatic carbocycles. The fraction of sp³-hybridized carbons (Fsp3) is 1.00. The van der Waals surface area contributed by atoms with Crippen LogP contribution < -0.4 is 5.32 Å². The van der Waals surface area contributed by atoms with Crippen molar-refractivity contribution in [2.75, 3.05) is 26.7 Å². The normalized spacial score (nSPS) is 32.0. The predicted molar refractivity (Wildman–Crippen MR) is 61.9 cm³/mol. The van der Waals surface area contributed by atoms with Crippen molar-refractivity contribution in [2.24, 2.45) is 0 Å². The lowest BCUT2D eigenvalue weighted by Gasteiger charge is -2.46. The fourth-order valence-corrected chi connectivity index (χ4v) is 2.68. The van der Waals surface area contributed by atoms with Crippen molar-refractivity contribution in [3.05, 3.63) is 0 Å². The Bertz CT molecular complexity index is 198. The first-order chi connectivity index (χ1) is 7.24. The molecule has 0 amide bonds. The van der Waals surface area contributed by atoms with Crippen molar-refractivity contribution in [2.45, 2.75) is 50.9 Å². The number of likely N-dealkylation sites (tertiary alicyclic amines) is 1. The van der Waals surface area contributed by atoms with E-state index in [0.29, 0.717) is 6.10 Å². The highest BCUT2D eigenvalue weighted by molar-refractivity contribution is 4.89. The molecule has 3 heteroatoms. The van der Waals surface area contributed by atoms with E-state index in [-0.39, 0.29) is 5.72 Å². The number of piperidine rings is 1. The van der Waals surface area contributed by atoms with Gasteiger partial charge in [0.2, 0.25) is 0 Å². The van der Waals surface area contributed by atoms with E-state index in [2.05, 4.69) is 24.2 Å². The van der Waals surface area contributed by atoms with Gasteiger partial charge in [-0.2, -0.15) is 0 Å². The van der Waals surface area contributed by atoms with Crippen LogP contribution in [0, 0.1) is 0 Å². The molecule has 1 spiro atoms. The third kappa shape index (κ3) is 2.71. The Kier molecular flexibility index (Phi) is 3.65. The molecule has 0 bridgehead atoms. The molecule has 2 aliphatic heterocycles. The average Bonchev–Trinajstić information content (AvgIpc) is 2.24. The molecule has 1 N–H and O–H groups in total. The lowest BCUT2D eigenvalue weighted by molar-refractivity contribution is -0.166. The van der Waals surface area contributed by atoms with E-state index in [1.807, 2.05) is 0 Å². The highest BCUT2D eigenvalue weighted by Crippen LogP contribution is 2.29. The predicted octanol–water partition coefficient (Wildman–Crippen LogP) is 1.59. The van der Waals surface area contributed by atoms with Crippen LogP contribution >= 0.6 is 0 Å². The quantitative estimate of drug-likeness (QED) is 0.752. The van der Waals surface area contributed by atoms with Gasteiger partial charge in [-0.3, -0.25) is 5.32 Å². The Labute approximate surface area is 93.2 Å². The molecular weight excluding hydrogens is 188 g/mol. The molecule has 2 saturated heterocycles. The van der Waals surface area contributed by atoms with Gasteiger partial charge < -0.3 is 9.64 Å². The molecule has 0 aromatic rings. The summed E-state index contributed by atoms with van der Waals surface area (Å²) in [5.74, 6) is 0. The standard InChI is InChI=1S/C12H24N2O/c1-3-4-11-5-8-13-12(15-11)6-9-14(2)10-7-12/h11,13H,3-10H2,1-2H3. The maximum absolute atomic E-state index is 6.27. The summed E-state index contributed by atoms with van der Waals surface area (Å²) in [7, 11) is 2.19. The van der Waals surface area contributed by atoms with Crippen LogP contribution in [0.1, 0.15) is 39.0 Å². The van der Waals surface area contributed by atoms with Gasteiger partial charge in [-0.1, -0.05) is 13.3 Å². The monoisotopic (exact) mass is 212 g/mol. The molecule has 2 aliphatic rings. The van der Waals surface area contributed by atoms with E-state index in [4.69, 9.17) is 4.74 Å². The third-order valence-corrected chi connectivity index (χ3v) is 3.71. The van der Waals surface area contributed by atoms with Crippen LogP contribution in [0.2, 0.25) is 0 Å². The fourth-order valence-electron chi connectivity index (χ4n) is 2.68. The van der Waals surface area contributed by atoms with E-state index < -0.39 is 0 Å². The van der Waals surface area contributed by atoms with E-state index in [1.165, 1.54) is 19.3 Å². The van der Waals surface area contributed by atoms with Gasteiger partial charge in [0.25, 0.3) is 0 Å². The van der Waals surface area contributed by atoms with Crippen LogP contribution in [0.3, 0.4) is 0 Å². The summed E-state index contributed by atoms with van der Waals surface area (Å²) in [6.45, 7) is 5.69. The first-order valence-corrected chi connectivity index (χ1v) is 6.35. The molecule has 3 nitrogen and oxygen atoms in total.